The minimum Gasteiger partial charge on any atom is -0.508 e. The SMILES string of the molecule is CCCN(C)[C@@H]1Cc2ccc(O)cc2[C@H]1c1ccccc1. The normalized spacial score (nSPS) is 20.7. The molecule has 0 bridgehead atoms. The van der Waals surface area contributed by atoms with Crippen molar-refractivity contribution in [2.24, 2.45) is 0 Å². The van der Waals surface area contributed by atoms with Crippen LogP contribution >= 0.6 is 0 Å². The molecule has 0 saturated heterocycles. The minimum atomic E-state index is 0.352. The third kappa shape index (κ3) is 2.68. The van der Waals surface area contributed by atoms with Gasteiger partial charge in [-0.25, -0.2) is 0 Å². The van der Waals surface area contributed by atoms with Gasteiger partial charge in [0.25, 0.3) is 0 Å². The second kappa shape index (κ2) is 5.90. The van der Waals surface area contributed by atoms with Crippen molar-refractivity contribution in [1.29, 1.82) is 0 Å². The Morgan fingerprint density at radius 1 is 1.14 bits per heavy atom. The molecule has 0 heterocycles. The van der Waals surface area contributed by atoms with Crippen LogP contribution in [0.15, 0.2) is 48.5 Å². The van der Waals surface area contributed by atoms with Gasteiger partial charge >= 0.3 is 0 Å². The summed E-state index contributed by atoms with van der Waals surface area (Å²) < 4.78 is 0. The fraction of sp³-hybridized carbons (Fsp3) is 0.368. The molecule has 1 aliphatic rings. The van der Waals surface area contributed by atoms with Crippen molar-refractivity contribution in [2.75, 3.05) is 13.6 Å². The molecule has 0 spiro atoms. The molecule has 2 aromatic carbocycles. The predicted molar refractivity (Wildman–Crippen MR) is 86.8 cm³/mol. The van der Waals surface area contributed by atoms with E-state index in [1.165, 1.54) is 16.7 Å². The molecular formula is C19H23NO. The average Bonchev–Trinajstić information content (AvgIpc) is 2.87. The van der Waals surface area contributed by atoms with E-state index >= 15 is 0 Å². The molecule has 21 heavy (non-hydrogen) atoms. The van der Waals surface area contributed by atoms with Crippen LogP contribution in [0.1, 0.15) is 36.0 Å². The molecule has 0 amide bonds. The Labute approximate surface area is 127 Å². The topological polar surface area (TPSA) is 23.5 Å². The van der Waals surface area contributed by atoms with E-state index in [1.807, 2.05) is 12.1 Å². The number of fused-ring (bicyclic) bond motifs is 1. The second-order valence-corrected chi connectivity index (χ2v) is 6.02. The first-order valence-electron chi connectivity index (χ1n) is 7.77. The number of benzene rings is 2. The molecule has 0 aliphatic heterocycles. The van der Waals surface area contributed by atoms with E-state index in [-0.39, 0.29) is 0 Å². The van der Waals surface area contributed by atoms with Gasteiger partial charge in [-0.15, -0.1) is 0 Å². The Bertz CT molecular complexity index is 608. The maximum atomic E-state index is 9.88. The summed E-state index contributed by atoms with van der Waals surface area (Å²) in [5.74, 6) is 0.721. The third-order valence-electron chi connectivity index (χ3n) is 4.58. The summed E-state index contributed by atoms with van der Waals surface area (Å²) in [6, 6.07) is 17.0. The lowest BCUT2D eigenvalue weighted by molar-refractivity contribution is 0.233. The first-order chi connectivity index (χ1) is 10.2. The van der Waals surface area contributed by atoms with E-state index in [2.05, 4.69) is 55.3 Å². The van der Waals surface area contributed by atoms with Gasteiger partial charge in [-0.05, 0) is 55.3 Å². The standard InChI is InChI=1S/C19H23NO/c1-3-11-20(2)18-12-15-9-10-16(21)13-17(15)19(18)14-7-5-4-6-8-14/h4-10,13,18-19,21H,3,11-12H2,1-2H3/t18-,19-/m1/s1. The van der Waals surface area contributed by atoms with E-state index in [9.17, 15) is 5.11 Å². The lowest BCUT2D eigenvalue weighted by atomic mass is 9.89. The van der Waals surface area contributed by atoms with Crippen LogP contribution in [0.5, 0.6) is 5.75 Å². The number of phenols is 1. The Kier molecular flexibility index (Phi) is 3.98. The number of phenolic OH excluding ortho intramolecular Hbond substituents is 1. The molecular weight excluding hydrogens is 258 g/mol. The summed E-state index contributed by atoms with van der Waals surface area (Å²) in [7, 11) is 2.22. The van der Waals surface area contributed by atoms with E-state index in [4.69, 9.17) is 0 Å². The van der Waals surface area contributed by atoms with Gasteiger partial charge in [-0.1, -0.05) is 43.3 Å². The van der Waals surface area contributed by atoms with E-state index in [1.54, 1.807) is 0 Å². The number of aromatic hydroxyl groups is 1. The predicted octanol–water partition coefficient (Wildman–Crippen LogP) is 3.79. The van der Waals surface area contributed by atoms with Gasteiger partial charge in [0, 0.05) is 12.0 Å². The van der Waals surface area contributed by atoms with Crippen molar-refractivity contribution in [1.82, 2.24) is 4.90 Å². The molecule has 3 rings (SSSR count). The van der Waals surface area contributed by atoms with Crippen LogP contribution in [0, 0.1) is 0 Å². The first kappa shape index (κ1) is 14.2. The zero-order valence-corrected chi connectivity index (χ0v) is 12.8. The molecule has 0 radical (unpaired) electrons. The van der Waals surface area contributed by atoms with Crippen molar-refractivity contribution in [3.05, 3.63) is 65.2 Å². The molecule has 0 aromatic heterocycles. The monoisotopic (exact) mass is 281 g/mol. The largest absolute Gasteiger partial charge is 0.508 e. The number of rotatable bonds is 4. The number of hydrogen-bond acceptors (Lipinski definition) is 2. The third-order valence-corrected chi connectivity index (χ3v) is 4.58. The summed E-state index contributed by atoms with van der Waals surface area (Å²) in [5.41, 5.74) is 4.00. The lowest BCUT2D eigenvalue weighted by Gasteiger charge is -2.30. The molecule has 2 nitrogen and oxygen atoms in total. The van der Waals surface area contributed by atoms with Crippen LogP contribution in [-0.4, -0.2) is 29.6 Å². The van der Waals surface area contributed by atoms with Gasteiger partial charge in [0.05, 0.1) is 0 Å². The van der Waals surface area contributed by atoms with Gasteiger partial charge in [0.2, 0.25) is 0 Å². The number of likely N-dealkylation sites (N-methyl/N-ethyl adjacent to an activating group) is 1. The van der Waals surface area contributed by atoms with E-state index in [0.717, 1.165) is 19.4 Å². The van der Waals surface area contributed by atoms with Crippen molar-refractivity contribution >= 4 is 0 Å². The van der Waals surface area contributed by atoms with Crippen LogP contribution in [0.25, 0.3) is 0 Å². The van der Waals surface area contributed by atoms with Crippen molar-refractivity contribution in [3.63, 3.8) is 0 Å². The first-order valence-corrected chi connectivity index (χ1v) is 7.77. The minimum absolute atomic E-state index is 0.352. The van der Waals surface area contributed by atoms with E-state index < -0.39 is 0 Å². The number of hydrogen-bond donors (Lipinski definition) is 1. The Balaban J connectivity index is 2.03. The molecule has 0 fully saturated rings. The van der Waals surface area contributed by atoms with Crippen LogP contribution < -0.4 is 0 Å². The highest BCUT2D eigenvalue weighted by atomic mass is 16.3. The quantitative estimate of drug-likeness (QED) is 0.921. The molecule has 1 aliphatic carbocycles. The summed E-state index contributed by atoms with van der Waals surface area (Å²) >= 11 is 0. The molecule has 110 valence electrons. The Morgan fingerprint density at radius 3 is 2.62 bits per heavy atom. The van der Waals surface area contributed by atoms with Crippen LogP contribution in [0.3, 0.4) is 0 Å². The summed E-state index contributed by atoms with van der Waals surface area (Å²) in [4.78, 5) is 2.47. The van der Waals surface area contributed by atoms with E-state index in [0.29, 0.717) is 17.7 Å². The van der Waals surface area contributed by atoms with Crippen LogP contribution in [0.2, 0.25) is 0 Å². The fourth-order valence-electron chi connectivity index (χ4n) is 3.60. The smallest absolute Gasteiger partial charge is 0.115 e. The maximum Gasteiger partial charge on any atom is 0.115 e. The lowest BCUT2D eigenvalue weighted by Crippen LogP contribution is -2.36. The molecule has 0 unspecified atom stereocenters. The van der Waals surface area contributed by atoms with Crippen molar-refractivity contribution in [2.45, 2.75) is 31.7 Å². The highest BCUT2D eigenvalue weighted by molar-refractivity contribution is 5.48. The van der Waals surface area contributed by atoms with Gasteiger partial charge in [0.1, 0.15) is 5.75 Å². The van der Waals surface area contributed by atoms with Crippen LogP contribution in [-0.2, 0) is 6.42 Å². The highest BCUT2D eigenvalue weighted by Gasteiger charge is 2.35. The summed E-state index contributed by atoms with van der Waals surface area (Å²) in [6.45, 7) is 3.33. The summed E-state index contributed by atoms with van der Waals surface area (Å²) in [5, 5.41) is 9.88. The van der Waals surface area contributed by atoms with Crippen LogP contribution in [0.4, 0.5) is 0 Å². The Morgan fingerprint density at radius 2 is 1.90 bits per heavy atom. The Hall–Kier alpha value is -1.80. The fourth-order valence-corrected chi connectivity index (χ4v) is 3.60. The van der Waals surface area contributed by atoms with Gasteiger partial charge in [0.15, 0.2) is 0 Å². The highest BCUT2D eigenvalue weighted by Crippen LogP contribution is 2.41. The molecule has 2 atom stereocenters. The molecule has 2 aromatic rings. The van der Waals surface area contributed by atoms with Gasteiger partial charge in [-0.3, -0.25) is 0 Å². The van der Waals surface area contributed by atoms with Gasteiger partial charge in [-0.2, -0.15) is 0 Å². The number of nitrogens with zero attached hydrogens (tertiary/aromatic N) is 1. The molecule has 0 saturated carbocycles. The maximum absolute atomic E-state index is 9.88. The summed E-state index contributed by atoms with van der Waals surface area (Å²) in [6.07, 6.45) is 2.22. The average molecular weight is 281 g/mol. The van der Waals surface area contributed by atoms with Gasteiger partial charge < -0.3 is 10.0 Å². The van der Waals surface area contributed by atoms with Crippen molar-refractivity contribution in [3.8, 4) is 5.75 Å². The molecule has 2 heteroatoms. The zero-order valence-electron chi connectivity index (χ0n) is 12.8. The van der Waals surface area contributed by atoms with Crippen molar-refractivity contribution < 1.29 is 5.11 Å². The zero-order chi connectivity index (χ0) is 14.8. The molecule has 1 N–H and O–H groups in total. The second-order valence-electron chi connectivity index (χ2n) is 6.02.